The van der Waals surface area contributed by atoms with Crippen molar-refractivity contribution in [2.45, 2.75) is 6.92 Å². The molecule has 0 radical (unpaired) electrons. The molecule has 0 saturated heterocycles. The quantitative estimate of drug-likeness (QED) is 0.152. The molecule has 190 valence electrons. The first-order chi connectivity index (χ1) is 15.6. The zero-order chi connectivity index (χ0) is 26.3. The van der Waals surface area contributed by atoms with Crippen LogP contribution in [0.5, 0.6) is 0 Å². The van der Waals surface area contributed by atoms with E-state index in [9.17, 15) is 25.2 Å². The molecule has 0 atom stereocenters. The molecule has 2 aromatic rings. The Bertz CT molecular complexity index is 960. The fourth-order valence-electron chi connectivity index (χ4n) is 2.23. The first-order valence-electron chi connectivity index (χ1n) is 9.57. The second-order valence-electron chi connectivity index (χ2n) is 6.37. The minimum absolute atomic E-state index is 1.08. The van der Waals surface area contributed by atoms with Crippen molar-refractivity contribution in [3.8, 4) is 11.8 Å². The van der Waals surface area contributed by atoms with Crippen molar-refractivity contribution in [3.63, 3.8) is 0 Å². The van der Waals surface area contributed by atoms with Gasteiger partial charge in [0.1, 0.15) is 0 Å². The van der Waals surface area contributed by atoms with Crippen LogP contribution in [-0.4, -0.2) is 38.2 Å². The molecule has 0 spiro atoms. The molecule has 1 heterocycles. The summed E-state index contributed by atoms with van der Waals surface area (Å²) in [4.78, 5) is 0. The number of hydrogen-bond donors (Lipinski definition) is 2. The van der Waals surface area contributed by atoms with Gasteiger partial charge in [0.15, 0.2) is 0 Å². The fraction of sp³-hybridized carbons (Fsp3) is 0.238. The third-order valence-electron chi connectivity index (χ3n) is 3.30. The van der Waals surface area contributed by atoms with Crippen LogP contribution < -0.4 is 11.0 Å². The summed E-state index contributed by atoms with van der Waals surface area (Å²) in [6.07, 6.45) is 2.06. The van der Waals surface area contributed by atoms with Gasteiger partial charge in [0.05, 0.1) is 12.7 Å². The van der Waals surface area contributed by atoms with Gasteiger partial charge in [-0.3, -0.25) is 15.4 Å². The van der Waals surface area contributed by atoms with Crippen molar-refractivity contribution in [2.24, 2.45) is 10.3 Å². The van der Waals surface area contributed by atoms with E-state index in [1.165, 1.54) is 11.3 Å². The van der Waals surface area contributed by atoms with Crippen LogP contribution in [0.4, 0.5) is 25.2 Å². The number of hydrazine groups is 2. The summed E-state index contributed by atoms with van der Waals surface area (Å²) in [7, 11) is -3.37. The number of nitrogens with one attached hydrogen (secondary N) is 2. The van der Waals surface area contributed by atoms with Crippen molar-refractivity contribution >= 4 is 13.5 Å². The zero-order valence-corrected chi connectivity index (χ0v) is 20.2. The van der Waals surface area contributed by atoms with Gasteiger partial charge in [-0.1, -0.05) is 59.7 Å². The topological polar surface area (TPSA) is 55.3 Å². The van der Waals surface area contributed by atoms with Gasteiger partial charge >= 0.3 is 33.0 Å². The van der Waals surface area contributed by atoms with Gasteiger partial charge in [0, 0.05) is 38.5 Å². The van der Waals surface area contributed by atoms with E-state index in [1.54, 1.807) is 14.1 Å². The second kappa shape index (κ2) is 12.8. The zero-order valence-electron chi connectivity index (χ0n) is 19.4. The SMILES string of the molecule is CC#Cc1ccccc1.CN1C=C(c2ccccc2)N(C)N1.CN=NNC.F[P-](F)(F)(F)(F)F. The summed E-state index contributed by atoms with van der Waals surface area (Å²) in [6.45, 7) is 1.84. The van der Waals surface area contributed by atoms with E-state index in [1.807, 2.05) is 79.6 Å². The van der Waals surface area contributed by atoms with Crippen molar-refractivity contribution in [2.75, 3.05) is 28.2 Å². The predicted molar refractivity (Wildman–Crippen MR) is 125 cm³/mol. The molecule has 0 aromatic heterocycles. The van der Waals surface area contributed by atoms with Crippen LogP contribution in [0.2, 0.25) is 0 Å². The van der Waals surface area contributed by atoms with Crippen LogP contribution in [-0.2, 0) is 0 Å². The number of nitrogens with zero attached hydrogens (tertiary/aromatic N) is 4. The standard InChI is InChI=1S/C10H13N3.C9H8.C2H7N3.F6P/c1-12-8-10(13(2)11-12)9-6-4-3-5-7-9;1-2-6-9-7-4-3-5-8-9;1-3-5-4-2;1-7(2,3,4,5)6/h3-8,11H,1-2H3;3-5,7-8H,1H3;1-2H3,(H,3,4);/q;;;-1. The molecule has 0 aliphatic carbocycles. The van der Waals surface area contributed by atoms with Crippen LogP contribution in [0.15, 0.2) is 77.2 Å². The molecule has 0 saturated carbocycles. The first kappa shape index (κ1) is 30.7. The molecule has 0 fully saturated rings. The molecule has 1 aliphatic rings. The van der Waals surface area contributed by atoms with Crippen LogP contribution in [0.1, 0.15) is 18.1 Å². The Morgan fingerprint density at radius 3 is 1.68 bits per heavy atom. The fourth-order valence-corrected chi connectivity index (χ4v) is 2.23. The van der Waals surface area contributed by atoms with Crippen LogP contribution in [0.3, 0.4) is 0 Å². The van der Waals surface area contributed by atoms with Crippen molar-refractivity contribution in [3.05, 3.63) is 78.0 Å². The average Bonchev–Trinajstić information content (AvgIpc) is 3.07. The van der Waals surface area contributed by atoms with Gasteiger partial charge in [-0.15, -0.1) is 11.5 Å². The summed E-state index contributed by atoms with van der Waals surface area (Å²) < 4.78 is 59.2. The summed E-state index contributed by atoms with van der Waals surface area (Å²) >= 11 is 0. The summed E-state index contributed by atoms with van der Waals surface area (Å²) in [5.74, 6) is 5.79. The maximum absolute atomic E-state index is 10.7. The van der Waals surface area contributed by atoms with Crippen LogP contribution in [0.25, 0.3) is 5.70 Å². The van der Waals surface area contributed by atoms with Crippen molar-refractivity contribution in [1.29, 1.82) is 0 Å². The monoisotopic (exact) mass is 509 g/mol. The van der Waals surface area contributed by atoms with E-state index >= 15 is 0 Å². The molecule has 6 nitrogen and oxygen atoms in total. The van der Waals surface area contributed by atoms with Gasteiger partial charge in [0.2, 0.25) is 0 Å². The van der Waals surface area contributed by atoms with Gasteiger partial charge < -0.3 is 0 Å². The van der Waals surface area contributed by atoms with Gasteiger partial charge in [0.25, 0.3) is 0 Å². The molecule has 0 amide bonds. The Hall–Kier alpha value is -3.29. The Morgan fingerprint density at radius 2 is 1.35 bits per heavy atom. The van der Waals surface area contributed by atoms with Gasteiger partial charge in [-0.2, -0.15) is 5.11 Å². The average molecular weight is 509 g/mol. The van der Waals surface area contributed by atoms with Crippen LogP contribution in [0, 0.1) is 11.8 Å². The van der Waals surface area contributed by atoms with E-state index in [2.05, 4.69) is 51.5 Å². The summed E-state index contributed by atoms with van der Waals surface area (Å²) in [5, 5.41) is 10.6. The summed E-state index contributed by atoms with van der Waals surface area (Å²) in [5.41, 5.74) is 9.11. The van der Waals surface area contributed by atoms with Gasteiger partial charge in [-0.05, 0) is 19.1 Å². The Labute approximate surface area is 195 Å². The number of rotatable bonds is 2. The molecule has 34 heavy (non-hydrogen) atoms. The van der Waals surface area contributed by atoms with Crippen molar-refractivity contribution < 1.29 is 25.2 Å². The molecule has 13 heteroatoms. The normalized spacial score (nSPS) is 14.4. The third kappa shape index (κ3) is 19.4. The number of benzene rings is 2. The molecular formula is C21H28F6N6P-. The second-order valence-corrected chi connectivity index (χ2v) is 8.29. The Balaban J connectivity index is 0.000000458. The van der Waals surface area contributed by atoms with E-state index in [4.69, 9.17) is 0 Å². The molecule has 2 aromatic carbocycles. The van der Waals surface area contributed by atoms with Crippen molar-refractivity contribution in [1.82, 2.24) is 21.0 Å². The molecule has 3 rings (SSSR count). The number of hydrogen-bond acceptors (Lipinski definition) is 5. The molecular weight excluding hydrogens is 481 g/mol. The maximum atomic E-state index is 9.87. The van der Waals surface area contributed by atoms with E-state index in [-0.39, 0.29) is 0 Å². The minimum atomic E-state index is -10.7. The predicted octanol–water partition coefficient (Wildman–Crippen LogP) is 6.93. The first-order valence-corrected chi connectivity index (χ1v) is 11.6. The molecule has 0 bridgehead atoms. The van der Waals surface area contributed by atoms with Crippen LogP contribution >= 0.6 is 7.81 Å². The van der Waals surface area contributed by atoms with E-state index in [0.29, 0.717) is 0 Å². The molecule has 0 unspecified atom stereocenters. The van der Waals surface area contributed by atoms with E-state index in [0.717, 1.165) is 5.56 Å². The Morgan fingerprint density at radius 1 is 0.882 bits per heavy atom. The molecule has 2 N–H and O–H groups in total. The summed E-state index contributed by atoms with van der Waals surface area (Å²) in [6, 6.07) is 20.3. The number of halogens is 6. The third-order valence-corrected chi connectivity index (χ3v) is 3.30. The molecule has 1 aliphatic heterocycles. The Kier molecular flexibility index (Phi) is 11.6. The van der Waals surface area contributed by atoms with Gasteiger partial charge in [-0.25, -0.2) is 0 Å². The van der Waals surface area contributed by atoms with E-state index < -0.39 is 7.81 Å².